The molecular weight excluding hydrogens is 485 g/mol. The highest BCUT2D eigenvalue weighted by molar-refractivity contribution is 5.95. The minimum Gasteiger partial charge on any atom is -0.497 e. The Morgan fingerprint density at radius 1 is 1.22 bits per heavy atom. The SMILES string of the molecule is CCCC#CCO[C@H]1C[C@H](n2cc(C(F)(F)F)c(=O)n(C(=O)c3ccc(OC)cc3)c2=O)O[C@@H]1CO. The summed E-state index contributed by atoms with van der Waals surface area (Å²) in [6, 6.07) is 5.16. The summed E-state index contributed by atoms with van der Waals surface area (Å²) in [7, 11) is 1.38. The predicted molar refractivity (Wildman–Crippen MR) is 121 cm³/mol. The maximum absolute atomic E-state index is 13.7. The van der Waals surface area contributed by atoms with E-state index in [9.17, 15) is 32.7 Å². The maximum atomic E-state index is 13.7. The molecule has 0 unspecified atom stereocenters. The molecule has 1 aromatic carbocycles. The van der Waals surface area contributed by atoms with E-state index in [1.165, 1.54) is 31.4 Å². The molecule has 3 atom stereocenters. The van der Waals surface area contributed by atoms with E-state index in [0.717, 1.165) is 6.42 Å². The number of aliphatic hydroxyl groups is 1. The Bertz CT molecular complexity index is 1260. The number of nitrogens with zero attached hydrogens (tertiary/aromatic N) is 2. The first kappa shape index (κ1) is 27.2. The predicted octanol–water partition coefficient (Wildman–Crippen LogP) is 2.19. The van der Waals surface area contributed by atoms with Crippen LogP contribution in [-0.2, 0) is 15.7 Å². The molecule has 3 rings (SSSR count). The molecule has 2 aromatic rings. The third-order valence-corrected chi connectivity index (χ3v) is 5.50. The average Bonchev–Trinajstić information content (AvgIpc) is 3.26. The molecule has 0 radical (unpaired) electrons. The van der Waals surface area contributed by atoms with E-state index in [0.29, 0.717) is 22.9 Å². The number of benzene rings is 1. The van der Waals surface area contributed by atoms with Crippen LogP contribution in [0.1, 0.15) is 48.3 Å². The van der Waals surface area contributed by atoms with Crippen molar-refractivity contribution in [3.63, 3.8) is 0 Å². The zero-order chi connectivity index (χ0) is 26.5. The van der Waals surface area contributed by atoms with Gasteiger partial charge in [0.25, 0.3) is 11.5 Å². The molecule has 0 amide bonds. The van der Waals surface area contributed by atoms with Crippen molar-refractivity contribution in [1.29, 1.82) is 0 Å². The molecule has 1 aliphatic rings. The monoisotopic (exact) mass is 510 g/mol. The van der Waals surface area contributed by atoms with Gasteiger partial charge in [0.05, 0.1) is 19.8 Å². The summed E-state index contributed by atoms with van der Waals surface area (Å²) in [6.07, 6.45) is -6.50. The molecule has 194 valence electrons. The van der Waals surface area contributed by atoms with Crippen molar-refractivity contribution in [2.24, 2.45) is 0 Å². The first-order valence-electron chi connectivity index (χ1n) is 11.1. The fraction of sp³-hybridized carbons (Fsp3) is 0.458. The molecule has 1 fully saturated rings. The van der Waals surface area contributed by atoms with Gasteiger partial charge in [-0.25, -0.2) is 4.79 Å². The lowest BCUT2D eigenvalue weighted by atomic mass is 10.2. The van der Waals surface area contributed by atoms with Gasteiger partial charge in [0, 0.05) is 24.6 Å². The first-order valence-corrected chi connectivity index (χ1v) is 11.1. The Balaban J connectivity index is 2.02. The summed E-state index contributed by atoms with van der Waals surface area (Å²) in [5.74, 6) is 4.77. The standard InChI is InChI=1S/C24H25F3N2O7/c1-3-4-5-6-11-35-18-12-20(36-19(18)14-30)28-13-17(24(25,26)27)22(32)29(23(28)33)21(31)15-7-9-16(34-2)10-8-15/h7-10,13,18-20,30H,3-4,11-12,14H2,1-2H3/t18-,19+,20+/m0/s1. The summed E-state index contributed by atoms with van der Waals surface area (Å²) in [4.78, 5) is 38.7. The second kappa shape index (κ2) is 11.6. The van der Waals surface area contributed by atoms with E-state index in [2.05, 4.69) is 11.8 Å². The first-order chi connectivity index (χ1) is 17.1. The third-order valence-electron chi connectivity index (χ3n) is 5.50. The Morgan fingerprint density at radius 2 is 1.92 bits per heavy atom. The van der Waals surface area contributed by atoms with Gasteiger partial charge in [-0.05, 0) is 30.7 Å². The van der Waals surface area contributed by atoms with Crippen molar-refractivity contribution in [2.75, 3.05) is 20.3 Å². The van der Waals surface area contributed by atoms with E-state index in [1.54, 1.807) is 0 Å². The van der Waals surface area contributed by atoms with Crippen molar-refractivity contribution in [3.05, 3.63) is 62.4 Å². The van der Waals surface area contributed by atoms with Crippen molar-refractivity contribution in [2.45, 2.75) is 50.8 Å². The number of halogens is 3. The highest BCUT2D eigenvalue weighted by Gasteiger charge is 2.41. The van der Waals surface area contributed by atoms with Crippen LogP contribution in [-0.4, -0.2) is 52.7 Å². The van der Waals surface area contributed by atoms with Crippen LogP contribution in [0.2, 0.25) is 0 Å². The van der Waals surface area contributed by atoms with Crippen LogP contribution in [0.4, 0.5) is 13.2 Å². The van der Waals surface area contributed by atoms with E-state index in [-0.39, 0.29) is 23.2 Å². The molecule has 0 saturated carbocycles. The zero-order valence-electron chi connectivity index (χ0n) is 19.6. The Kier molecular flexibility index (Phi) is 8.73. The van der Waals surface area contributed by atoms with Crippen LogP contribution in [0.3, 0.4) is 0 Å². The minimum absolute atomic E-state index is 0.00456. The lowest BCUT2D eigenvalue weighted by molar-refractivity contribution is -0.139. The highest BCUT2D eigenvalue weighted by atomic mass is 19.4. The van der Waals surface area contributed by atoms with E-state index >= 15 is 0 Å². The van der Waals surface area contributed by atoms with Gasteiger partial charge < -0.3 is 19.3 Å². The fourth-order valence-electron chi connectivity index (χ4n) is 3.64. The molecular formula is C24H25F3N2O7. The van der Waals surface area contributed by atoms with Crippen LogP contribution in [0.5, 0.6) is 5.75 Å². The summed E-state index contributed by atoms with van der Waals surface area (Å²) in [6.45, 7) is 1.42. The summed E-state index contributed by atoms with van der Waals surface area (Å²) < 4.78 is 57.7. The molecule has 0 bridgehead atoms. The normalized spacial score (nSPS) is 19.6. The van der Waals surface area contributed by atoms with Gasteiger partial charge in [-0.2, -0.15) is 17.7 Å². The molecule has 0 spiro atoms. The molecule has 9 nitrogen and oxygen atoms in total. The number of methoxy groups -OCH3 is 1. The van der Waals surface area contributed by atoms with Crippen molar-refractivity contribution in [1.82, 2.24) is 9.13 Å². The van der Waals surface area contributed by atoms with Gasteiger partial charge in [0.2, 0.25) is 0 Å². The fourth-order valence-corrected chi connectivity index (χ4v) is 3.64. The van der Waals surface area contributed by atoms with E-state index < -0.39 is 53.9 Å². The molecule has 2 heterocycles. The Morgan fingerprint density at radius 3 is 2.50 bits per heavy atom. The zero-order valence-corrected chi connectivity index (χ0v) is 19.6. The van der Waals surface area contributed by atoms with Crippen LogP contribution in [0.15, 0.2) is 40.1 Å². The molecule has 12 heteroatoms. The Hall–Kier alpha value is -3.40. The number of hydrogen-bond donors (Lipinski definition) is 1. The number of carbonyl (C=O) groups excluding carboxylic acids is 1. The average molecular weight is 510 g/mol. The molecule has 36 heavy (non-hydrogen) atoms. The Labute approximate surface area is 204 Å². The van der Waals surface area contributed by atoms with Crippen LogP contribution >= 0.6 is 0 Å². The van der Waals surface area contributed by atoms with Gasteiger partial charge in [-0.3, -0.25) is 14.2 Å². The number of hydrogen-bond acceptors (Lipinski definition) is 7. The van der Waals surface area contributed by atoms with Crippen LogP contribution in [0.25, 0.3) is 0 Å². The highest BCUT2D eigenvalue weighted by Crippen LogP contribution is 2.32. The summed E-state index contributed by atoms with van der Waals surface area (Å²) in [5.41, 5.74) is -5.05. The molecule has 0 aliphatic carbocycles. The molecule has 1 aromatic heterocycles. The second-order valence-electron chi connectivity index (χ2n) is 7.91. The second-order valence-corrected chi connectivity index (χ2v) is 7.91. The van der Waals surface area contributed by atoms with Crippen molar-refractivity contribution < 1.29 is 37.3 Å². The number of aromatic nitrogens is 2. The number of rotatable bonds is 7. The number of alkyl halides is 3. The van der Waals surface area contributed by atoms with Crippen molar-refractivity contribution in [3.8, 4) is 17.6 Å². The van der Waals surface area contributed by atoms with E-state index in [1.807, 2.05) is 6.92 Å². The topological polar surface area (TPSA) is 109 Å². The van der Waals surface area contributed by atoms with Crippen molar-refractivity contribution >= 4 is 5.91 Å². The van der Waals surface area contributed by atoms with Gasteiger partial charge in [0.15, 0.2) is 0 Å². The smallest absolute Gasteiger partial charge is 0.423 e. The maximum Gasteiger partial charge on any atom is 0.423 e. The molecule has 1 saturated heterocycles. The largest absolute Gasteiger partial charge is 0.497 e. The van der Waals surface area contributed by atoms with E-state index in [4.69, 9.17) is 14.2 Å². The lowest BCUT2D eigenvalue weighted by Crippen LogP contribution is -2.47. The quantitative estimate of drug-likeness (QED) is 0.569. The van der Waals surface area contributed by atoms with Gasteiger partial charge in [0.1, 0.15) is 30.3 Å². The van der Waals surface area contributed by atoms with Gasteiger partial charge >= 0.3 is 11.9 Å². The lowest BCUT2D eigenvalue weighted by Gasteiger charge is -2.18. The number of carbonyl (C=O) groups is 1. The summed E-state index contributed by atoms with van der Waals surface area (Å²) >= 11 is 0. The number of unbranched alkanes of at least 4 members (excludes halogenated alkanes) is 1. The minimum atomic E-state index is -5.16. The molecule has 1 aliphatic heterocycles. The third kappa shape index (κ3) is 5.87. The van der Waals surface area contributed by atoms with Crippen LogP contribution < -0.4 is 16.0 Å². The summed E-state index contributed by atoms with van der Waals surface area (Å²) in [5, 5.41) is 9.65. The number of aliphatic hydroxyl groups excluding tert-OH is 1. The van der Waals surface area contributed by atoms with Crippen LogP contribution in [0, 0.1) is 11.8 Å². The molecule has 1 N–H and O–H groups in total. The number of ether oxygens (including phenoxy) is 3. The van der Waals surface area contributed by atoms with Gasteiger partial charge in [-0.1, -0.05) is 12.8 Å². The van der Waals surface area contributed by atoms with Gasteiger partial charge in [-0.15, -0.1) is 5.92 Å².